The van der Waals surface area contributed by atoms with Crippen LogP contribution in [0.4, 0.5) is 48.1 Å². The third-order valence-corrected chi connectivity index (χ3v) is 5.00. The number of ether oxygens (including phenoxy) is 1. The molecule has 11 heteroatoms. The van der Waals surface area contributed by atoms with Crippen molar-refractivity contribution in [3.05, 3.63) is 54.1 Å². The smallest absolute Gasteiger partial charge is 0.378 e. The van der Waals surface area contributed by atoms with Gasteiger partial charge in [-0.3, -0.25) is 0 Å². The first-order valence-corrected chi connectivity index (χ1v) is 10.4. The molecule has 0 unspecified atom stereocenters. The van der Waals surface area contributed by atoms with Crippen molar-refractivity contribution in [3.8, 4) is 0 Å². The lowest BCUT2D eigenvalue weighted by Crippen LogP contribution is -2.37. The lowest BCUT2D eigenvalue weighted by molar-refractivity contribution is -0.137. The molecule has 2 heterocycles. The molecular formula is C22H24F3N7O. The zero-order valence-corrected chi connectivity index (χ0v) is 18.2. The zero-order chi connectivity index (χ0) is 23.4. The average molecular weight is 459 g/mol. The number of aromatic nitrogens is 3. The first-order valence-electron chi connectivity index (χ1n) is 10.4. The molecule has 2 aromatic carbocycles. The minimum absolute atomic E-state index is 0.137. The summed E-state index contributed by atoms with van der Waals surface area (Å²) in [6.45, 7) is 2.28. The number of alkyl halides is 3. The van der Waals surface area contributed by atoms with E-state index < -0.39 is 11.7 Å². The molecule has 1 aromatic heterocycles. The topological polar surface area (TPSA) is 78.4 Å². The fourth-order valence-electron chi connectivity index (χ4n) is 3.26. The highest BCUT2D eigenvalue weighted by Crippen LogP contribution is 2.31. The van der Waals surface area contributed by atoms with E-state index in [0.717, 1.165) is 23.5 Å². The van der Waals surface area contributed by atoms with E-state index in [1.807, 2.05) is 48.2 Å². The Balaban J connectivity index is 1.63. The van der Waals surface area contributed by atoms with Gasteiger partial charge in [0.15, 0.2) is 0 Å². The molecule has 174 valence electrons. The molecule has 3 aromatic rings. The Morgan fingerprint density at radius 1 is 0.879 bits per heavy atom. The van der Waals surface area contributed by atoms with Crippen molar-refractivity contribution in [1.29, 1.82) is 0 Å². The van der Waals surface area contributed by atoms with E-state index in [1.54, 1.807) is 0 Å². The molecule has 1 fully saturated rings. The second-order valence-electron chi connectivity index (χ2n) is 7.65. The number of hydrogen-bond acceptors (Lipinski definition) is 8. The van der Waals surface area contributed by atoms with Gasteiger partial charge in [-0.05, 0) is 42.5 Å². The predicted octanol–water partition coefficient (Wildman–Crippen LogP) is 4.28. The molecule has 0 spiro atoms. The van der Waals surface area contributed by atoms with Crippen LogP contribution >= 0.6 is 0 Å². The second-order valence-corrected chi connectivity index (χ2v) is 7.65. The Bertz CT molecular complexity index is 1080. The van der Waals surface area contributed by atoms with Gasteiger partial charge in [0.1, 0.15) is 0 Å². The monoisotopic (exact) mass is 459 g/mol. The number of nitrogens with one attached hydrogen (secondary N) is 2. The summed E-state index contributed by atoms with van der Waals surface area (Å²) in [5.74, 6) is 0.826. The van der Waals surface area contributed by atoms with Gasteiger partial charge in [-0.15, -0.1) is 0 Å². The lowest BCUT2D eigenvalue weighted by atomic mass is 10.2. The van der Waals surface area contributed by atoms with Gasteiger partial charge in [-0.25, -0.2) is 0 Å². The van der Waals surface area contributed by atoms with E-state index in [4.69, 9.17) is 4.74 Å². The molecule has 8 nitrogen and oxygen atoms in total. The van der Waals surface area contributed by atoms with Gasteiger partial charge >= 0.3 is 6.18 Å². The van der Waals surface area contributed by atoms with Crippen molar-refractivity contribution < 1.29 is 17.9 Å². The van der Waals surface area contributed by atoms with Crippen LogP contribution in [-0.4, -0.2) is 55.4 Å². The number of anilines is 6. The molecule has 0 radical (unpaired) electrons. The first kappa shape index (κ1) is 22.6. The number of rotatable bonds is 6. The van der Waals surface area contributed by atoms with Crippen LogP contribution in [-0.2, 0) is 10.9 Å². The van der Waals surface area contributed by atoms with Crippen LogP contribution in [0.2, 0.25) is 0 Å². The van der Waals surface area contributed by atoms with Crippen LogP contribution in [0.1, 0.15) is 5.56 Å². The highest BCUT2D eigenvalue weighted by molar-refractivity contribution is 5.62. The van der Waals surface area contributed by atoms with Gasteiger partial charge in [-0.1, -0.05) is 6.07 Å². The summed E-state index contributed by atoms with van der Waals surface area (Å²) in [6, 6.07) is 12.6. The Morgan fingerprint density at radius 3 is 2.12 bits per heavy atom. The first-order chi connectivity index (χ1) is 15.8. The second kappa shape index (κ2) is 9.49. The maximum atomic E-state index is 13.1. The Morgan fingerprint density at radius 2 is 1.52 bits per heavy atom. The van der Waals surface area contributed by atoms with Gasteiger partial charge < -0.3 is 25.2 Å². The average Bonchev–Trinajstić information content (AvgIpc) is 2.79. The van der Waals surface area contributed by atoms with Crippen LogP contribution in [0.3, 0.4) is 0 Å². The van der Waals surface area contributed by atoms with Gasteiger partial charge in [0.05, 0.1) is 18.8 Å². The quantitative estimate of drug-likeness (QED) is 0.566. The van der Waals surface area contributed by atoms with Crippen molar-refractivity contribution in [2.45, 2.75) is 6.18 Å². The van der Waals surface area contributed by atoms with Crippen molar-refractivity contribution in [2.75, 3.05) is 60.8 Å². The summed E-state index contributed by atoms with van der Waals surface area (Å²) < 4.78 is 44.7. The van der Waals surface area contributed by atoms with Gasteiger partial charge in [0.2, 0.25) is 17.8 Å². The molecule has 1 saturated heterocycles. The molecular weight excluding hydrogens is 435 g/mol. The SMILES string of the molecule is CN(C)c1ccc(Nc2nc(Nc3cccc(C(F)(F)F)c3)nc(N3CCOCC3)n2)cc1. The summed E-state index contributed by atoms with van der Waals surface area (Å²) in [4.78, 5) is 17.3. The van der Waals surface area contributed by atoms with E-state index in [1.165, 1.54) is 12.1 Å². The van der Waals surface area contributed by atoms with E-state index >= 15 is 0 Å². The van der Waals surface area contributed by atoms with E-state index in [0.29, 0.717) is 32.3 Å². The molecule has 2 N–H and O–H groups in total. The summed E-state index contributed by atoms with van der Waals surface area (Å²) in [5, 5.41) is 6.03. The summed E-state index contributed by atoms with van der Waals surface area (Å²) >= 11 is 0. The number of nitrogens with zero attached hydrogens (tertiary/aromatic N) is 5. The molecule has 0 amide bonds. The van der Waals surface area contributed by atoms with Gasteiger partial charge in [-0.2, -0.15) is 28.1 Å². The van der Waals surface area contributed by atoms with Gasteiger partial charge in [0, 0.05) is 44.2 Å². The normalized spacial score (nSPS) is 14.2. The minimum atomic E-state index is -4.44. The number of hydrogen-bond donors (Lipinski definition) is 2. The molecule has 1 aliphatic rings. The van der Waals surface area contributed by atoms with Crippen molar-refractivity contribution in [2.24, 2.45) is 0 Å². The van der Waals surface area contributed by atoms with Crippen LogP contribution in [0.5, 0.6) is 0 Å². The molecule has 1 aliphatic heterocycles. The lowest BCUT2D eigenvalue weighted by Gasteiger charge is -2.27. The maximum absolute atomic E-state index is 13.1. The summed E-state index contributed by atoms with van der Waals surface area (Å²) in [6.07, 6.45) is -4.44. The van der Waals surface area contributed by atoms with Crippen LogP contribution in [0.25, 0.3) is 0 Å². The number of morpholine rings is 1. The van der Waals surface area contributed by atoms with Gasteiger partial charge in [0.25, 0.3) is 0 Å². The van der Waals surface area contributed by atoms with Crippen molar-refractivity contribution in [3.63, 3.8) is 0 Å². The number of benzene rings is 2. The minimum Gasteiger partial charge on any atom is -0.378 e. The standard InChI is InChI=1S/C22H24F3N7O/c1-31(2)18-8-6-16(7-9-18)26-19-28-20(30-21(29-19)32-10-12-33-13-11-32)27-17-5-3-4-15(14-17)22(23,24)25/h3-9,14H,10-13H2,1-2H3,(H2,26,27,28,29,30). The molecule has 0 aliphatic carbocycles. The Labute approximate surface area is 189 Å². The zero-order valence-electron chi connectivity index (χ0n) is 18.2. The highest BCUT2D eigenvalue weighted by Gasteiger charge is 2.30. The van der Waals surface area contributed by atoms with E-state index in [9.17, 15) is 13.2 Å². The van der Waals surface area contributed by atoms with Crippen molar-refractivity contribution >= 4 is 34.9 Å². The summed E-state index contributed by atoms with van der Waals surface area (Å²) in [5.41, 5.74) is 1.28. The maximum Gasteiger partial charge on any atom is 0.416 e. The van der Waals surface area contributed by atoms with Crippen LogP contribution in [0.15, 0.2) is 48.5 Å². The van der Waals surface area contributed by atoms with Crippen LogP contribution < -0.4 is 20.4 Å². The molecule has 0 saturated carbocycles. The predicted molar refractivity (Wildman–Crippen MR) is 122 cm³/mol. The molecule has 0 bridgehead atoms. The van der Waals surface area contributed by atoms with Crippen molar-refractivity contribution in [1.82, 2.24) is 15.0 Å². The Kier molecular flexibility index (Phi) is 6.50. The fourth-order valence-corrected chi connectivity index (χ4v) is 3.26. The molecule has 33 heavy (non-hydrogen) atoms. The molecule has 4 rings (SSSR count). The van der Waals surface area contributed by atoms with E-state index in [2.05, 4.69) is 25.6 Å². The van der Waals surface area contributed by atoms with Crippen LogP contribution in [0, 0.1) is 0 Å². The molecule has 0 atom stereocenters. The third-order valence-electron chi connectivity index (χ3n) is 5.00. The Hall–Kier alpha value is -3.60. The fraction of sp³-hybridized carbons (Fsp3) is 0.318. The highest BCUT2D eigenvalue weighted by atomic mass is 19.4. The summed E-state index contributed by atoms with van der Waals surface area (Å²) in [7, 11) is 3.91. The van der Waals surface area contributed by atoms with E-state index in [-0.39, 0.29) is 17.6 Å². The third kappa shape index (κ3) is 5.80. The number of halogens is 3. The largest absolute Gasteiger partial charge is 0.416 e.